The topological polar surface area (TPSA) is 41.6 Å². The lowest BCUT2D eigenvalue weighted by Crippen LogP contribution is -2.47. The number of carbonyl (C=O) groups is 1. The third-order valence-electron chi connectivity index (χ3n) is 5.12. The zero-order valence-electron chi connectivity index (χ0n) is 15.6. The lowest BCUT2D eigenvalue weighted by Gasteiger charge is -2.35. The van der Waals surface area contributed by atoms with Crippen LogP contribution < -0.4 is 15.0 Å². The molecule has 1 aromatic carbocycles. The van der Waals surface area contributed by atoms with Gasteiger partial charge < -0.3 is 15.0 Å². The van der Waals surface area contributed by atoms with Crippen molar-refractivity contribution < 1.29 is 9.53 Å². The molecule has 2 fully saturated rings. The highest BCUT2D eigenvalue weighted by Crippen LogP contribution is 2.39. The van der Waals surface area contributed by atoms with Gasteiger partial charge in [0.15, 0.2) is 0 Å². The van der Waals surface area contributed by atoms with Gasteiger partial charge in [-0.05, 0) is 44.2 Å². The zero-order chi connectivity index (χ0) is 18.2. The molecule has 0 radical (unpaired) electrons. The zero-order valence-corrected chi connectivity index (χ0v) is 17.2. The Labute approximate surface area is 165 Å². The number of amides is 1. The quantitative estimate of drug-likeness (QED) is 0.519. The SMILES string of the molecule is COc1ccccc1N1CCCC(NC(=O)CCCCC2CCSS2)C1. The first-order valence-corrected chi connectivity index (χ1v) is 12.1. The molecule has 2 aliphatic heterocycles. The summed E-state index contributed by atoms with van der Waals surface area (Å²) in [6.45, 7) is 1.88. The minimum Gasteiger partial charge on any atom is -0.495 e. The maximum absolute atomic E-state index is 12.3. The van der Waals surface area contributed by atoms with Crippen LogP contribution in [0, 0.1) is 0 Å². The molecule has 1 N–H and O–H groups in total. The van der Waals surface area contributed by atoms with Gasteiger partial charge in [-0.25, -0.2) is 0 Å². The van der Waals surface area contributed by atoms with E-state index in [1.807, 2.05) is 39.8 Å². The number of unbranched alkanes of at least 4 members (excludes halogenated alkanes) is 1. The first-order valence-electron chi connectivity index (χ1n) is 9.72. The Hall–Kier alpha value is -1.01. The summed E-state index contributed by atoms with van der Waals surface area (Å²) in [5, 5.41) is 4.07. The number of hydrogen-bond donors (Lipinski definition) is 1. The first kappa shape index (κ1) is 19.7. The predicted molar refractivity (Wildman–Crippen MR) is 113 cm³/mol. The number of para-hydroxylation sites is 2. The van der Waals surface area contributed by atoms with Gasteiger partial charge in [0.25, 0.3) is 0 Å². The van der Waals surface area contributed by atoms with Gasteiger partial charge in [-0.1, -0.05) is 40.1 Å². The Kier molecular flexibility index (Phi) is 7.86. The Morgan fingerprint density at radius 2 is 2.19 bits per heavy atom. The molecule has 1 aromatic rings. The fourth-order valence-corrected chi connectivity index (χ4v) is 6.75. The minimum atomic E-state index is 0.213. The molecule has 0 aromatic heterocycles. The monoisotopic (exact) mass is 394 g/mol. The van der Waals surface area contributed by atoms with Crippen molar-refractivity contribution in [2.24, 2.45) is 0 Å². The molecule has 3 rings (SSSR count). The van der Waals surface area contributed by atoms with Crippen LogP contribution in [-0.4, -0.2) is 43.2 Å². The van der Waals surface area contributed by atoms with Crippen molar-refractivity contribution in [3.63, 3.8) is 0 Å². The summed E-state index contributed by atoms with van der Waals surface area (Å²) in [5.41, 5.74) is 1.13. The third kappa shape index (κ3) is 5.74. The van der Waals surface area contributed by atoms with Crippen molar-refractivity contribution in [1.82, 2.24) is 5.32 Å². The molecular formula is C20H30N2O2S2. The van der Waals surface area contributed by atoms with Crippen LogP contribution in [0.5, 0.6) is 5.75 Å². The molecule has 1 amide bonds. The molecular weight excluding hydrogens is 364 g/mol. The highest BCUT2D eigenvalue weighted by molar-refractivity contribution is 8.77. The summed E-state index contributed by atoms with van der Waals surface area (Å²) in [6, 6.07) is 8.37. The highest BCUT2D eigenvalue weighted by Gasteiger charge is 2.23. The number of anilines is 1. The molecule has 2 unspecified atom stereocenters. The van der Waals surface area contributed by atoms with E-state index in [0.717, 1.165) is 49.0 Å². The smallest absolute Gasteiger partial charge is 0.220 e. The normalized spacial score (nSPS) is 23.0. The van der Waals surface area contributed by atoms with E-state index in [9.17, 15) is 4.79 Å². The van der Waals surface area contributed by atoms with E-state index in [-0.39, 0.29) is 11.9 Å². The Balaban J connectivity index is 1.40. The van der Waals surface area contributed by atoms with E-state index in [1.54, 1.807) is 7.11 Å². The highest BCUT2D eigenvalue weighted by atomic mass is 33.1. The van der Waals surface area contributed by atoms with Crippen LogP contribution in [0.4, 0.5) is 5.69 Å². The summed E-state index contributed by atoms with van der Waals surface area (Å²) in [4.78, 5) is 14.6. The van der Waals surface area contributed by atoms with Crippen LogP contribution in [0.1, 0.15) is 44.9 Å². The van der Waals surface area contributed by atoms with E-state index < -0.39 is 0 Å². The number of piperidine rings is 1. The third-order valence-corrected chi connectivity index (χ3v) is 8.13. The van der Waals surface area contributed by atoms with E-state index >= 15 is 0 Å². The number of nitrogens with one attached hydrogen (secondary N) is 1. The Bertz CT molecular complexity index is 579. The molecule has 2 atom stereocenters. The molecule has 6 heteroatoms. The van der Waals surface area contributed by atoms with Crippen LogP contribution in [0.15, 0.2) is 24.3 Å². The summed E-state index contributed by atoms with van der Waals surface area (Å²) in [7, 11) is 5.74. The standard InChI is InChI=1S/C20H30N2O2S2/c1-24-19-10-4-3-9-18(19)22-13-6-7-16(15-22)21-20(23)11-5-2-8-17-12-14-25-26-17/h3-4,9-10,16-17H,2,5-8,11-15H2,1H3,(H,21,23). The number of rotatable bonds is 8. The van der Waals surface area contributed by atoms with E-state index in [1.165, 1.54) is 25.0 Å². The van der Waals surface area contributed by atoms with Gasteiger partial charge in [0.05, 0.1) is 12.8 Å². The van der Waals surface area contributed by atoms with Crippen LogP contribution in [0.25, 0.3) is 0 Å². The van der Waals surface area contributed by atoms with Crippen molar-refractivity contribution in [1.29, 1.82) is 0 Å². The number of benzene rings is 1. The van der Waals surface area contributed by atoms with Gasteiger partial charge in [0, 0.05) is 36.6 Å². The molecule has 2 aliphatic rings. The molecule has 0 saturated carbocycles. The second kappa shape index (κ2) is 10.4. The molecule has 144 valence electrons. The summed E-state index contributed by atoms with van der Waals surface area (Å²) >= 11 is 0. The number of carbonyl (C=O) groups excluding carboxylic acids is 1. The van der Waals surface area contributed by atoms with Crippen molar-refractivity contribution >= 4 is 33.2 Å². The Morgan fingerprint density at radius 3 is 3.00 bits per heavy atom. The van der Waals surface area contributed by atoms with Gasteiger partial charge in [0.2, 0.25) is 5.91 Å². The first-order chi connectivity index (χ1) is 12.8. The number of nitrogens with zero attached hydrogens (tertiary/aromatic N) is 1. The molecule has 2 heterocycles. The summed E-state index contributed by atoms with van der Waals surface area (Å²) < 4.78 is 5.49. The summed E-state index contributed by atoms with van der Waals surface area (Å²) in [6.07, 6.45) is 7.60. The van der Waals surface area contributed by atoms with Crippen molar-refractivity contribution in [3.8, 4) is 5.75 Å². The number of ether oxygens (including phenoxy) is 1. The van der Waals surface area contributed by atoms with E-state index in [2.05, 4.69) is 16.3 Å². The van der Waals surface area contributed by atoms with Gasteiger partial charge in [0.1, 0.15) is 5.75 Å². The number of hydrogen-bond acceptors (Lipinski definition) is 5. The lowest BCUT2D eigenvalue weighted by atomic mass is 10.0. The fraction of sp³-hybridized carbons (Fsp3) is 0.650. The molecule has 0 aliphatic carbocycles. The van der Waals surface area contributed by atoms with Gasteiger partial charge in [-0.15, -0.1) is 0 Å². The van der Waals surface area contributed by atoms with E-state index in [0.29, 0.717) is 6.42 Å². The van der Waals surface area contributed by atoms with Gasteiger partial charge >= 0.3 is 0 Å². The van der Waals surface area contributed by atoms with Crippen LogP contribution >= 0.6 is 21.6 Å². The predicted octanol–water partition coefficient (Wildman–Crippen LogP) is 4.49. The average Bonchev–Trinajstić information content (AvgIpc) is 3.19. The average molecular weight is 395 g/mol. The molecule has 26 heavy (non-hydrogen) atoms. The molecule has 4 nitrogen and oxygen atoms in total. The lowest BCUT2D eigenvalue weighted by molar-refractivity contribution is -0.122. The molecule has 0 bridgehead atoms. The van der Waals surface area contributed by atoms with Crippen LogP contribution in [0.2, 0.25) is 0 Å². The maximum atomic E-state index is 12.3. The second-order valence-electron chi connectivity index (χ2n) is 7.10. The van der Waals surface area contributed by atoms with Crippen molar-refractivity contribution in [2.45, 2.75) is 56.2 Å². The number of methoxy groups -OCH3 is 1. The van der Waals surface area contributed by atoms with Gasteiger partial charge in [-0.2, -0.15) is 0 Å². The van der Waals surface area contributed by atoms with E-state index in [4.69, 9.17) is 4.74 Å². The van der Waals surface area contributed by atoms with Crippen molar-refractivity contribution in [2.75, 3.05) is 30.9 Å². The Morgan fingerprint density at radius 1 is 1.31 bits per heavy atom. The summed E-state index contributed by atoms with van der Waals surface area (Å²) in [5.74, 6) is 2.41. The van der Waals surface area contributed by atoms with Gasteiger partial charge in [-0.3, -0.25) is 4.79 Å². The minimum absolute atomic E-state index is 0.213. The molecule has 2 saturated heterocycles. The van der Waals surface area contributed by atoms with Crippen LogP contribution in [0.3, 0.4) is 0 Å². The fourth-order valence-electron chi connectivity index (χ4n) is 3.73. The second-order valence-corrected chi connectivity index (χ2v) is 9.89. The maximum Gasteiger partial charge on any atom is 0.220 e. The molecule has 0 spiro atoms. The van der Waals surface area contributed by atoms with Crippen molar-refractivity contribution in [3.05, 3.63) is 24.3 Å². The van der Waals surface area contributed by atoms with Crippen LogP contribution in [-0.2, 0) is 4.79 Å². The largest absolute Gasteiger partial charge is 0.495 e.